The van der Waals surface area contributed by atoms with Crippen LogP contribution in [0.15, 0.2) is 59.0 Å². The molecule has 7 heteroatoms. The number of nitrogens with zero attached hydrogens (tertiary/aromatic N) is 2. The number of hydrogen-bond acceptors (Lipinski definition) is 7. The standard InChI is InChI=1S/C19H17N3O3S/c1-13(23)25-17-9-8-14(10-18(17)24-2)11-20-22-19-21-16(12-26-19)15-6-4-3-5-7-15/h3-12H,1-2H3,(H,21,22)/b20-11-. The van der Waals surface area contributed by atoms with Gasteiger partial charge in [-0.1, -0.05) is 30.3 Å². The summed E-state index contributed by atoms with van der Waals surface area (Å²) in [5.74, 6) is 0.437. The zero-order valence-corrected chi connectivity index (χ0v) is 15.1. The zero-order valence-electron chi connectivity index (χ0n) is 14.3. The second-order valence-corrected chi connectivity index (χ2v) is 6.14. The molecule has 0 spiro atoms. The topological polar surface area (TPSA) is 72.8 Å². The maximum atomic E-state index is 11.1. The number of nitrogens with one attached hydrogen (secondary N) is 1. The second kappa shape index (κ2) is 8.26. The monoisotopic (exact) mass is 367 g/mol. The number of carbonyl (C=O) groups excluding carboxylic acids is 1. The van der Waals surface area contributed by atoms with Crippen molar-refractivity contribution in [3.63, 3.8) is 0 Å². The third-order valence-corrected chi connectivity index (χ3v) is 4.14. The van der Waals surface area contributed by atoms with Crippen molar-refractivity contribution >= 4 is 28.7 Å². The van der Waals surface area contributed by atoms with E-state index < -0.39 is 5.97 Å². The minimum atomic E-state index is -0.399. The van der Waals surface area contributed by atoms with Crippen LogP contribution in [-0.4, -0.2) is 24.3 Å². The van der Waals surface area contributed by atoms with Crippen molar-refractivity contribution in [2.45, 2.75) is 6.92 Å². The lowest BCUT2D eigenvalue weighted by atomic mass is 10.2. The fourth-order valence-corrected chi connectivity index (χ4v) is 2.90. The lowest BCUT2D eigenvalue weighted by molar-refractivity contribution is -0.132. The molecule has 26 heavy (non-hydrogen) atoms. The molecule has 132 valence electrons. The van der Waals surface area contributed by atoms with Crippen LogP contribution in [0.1, 0.15) is 12.5 Å². The van der Waals surface area contributed by atoms with E-state index in [9.17, 15) is 4.79 Å². The Morgan fingerprint density at radius 1 is 1.19 bits per heavy atom. The summed E-state index contributed by atoms with van der Waals surface area (Å²) in [7, 11) is 1.52. The minimum absolute atomic E-state index is 0.373. The first-order valence-electron chi connectivity index (χ1n) is 7.82. The summed E-state index contributed by atoms with van der Waals surface area (Å²) in [5.41, 5.74) is 5.68. The Hall–Kier alpha value is -3.19. The van der Waals surface area contributed by atoms with E-state index >= 15 is 0 Å². The molecule has 1 N–H and O–H groups in total. The van der Waals surface area contributed by atoms with Crippen molar-refractivity contribution in [3.8, 4) is 22.8 Å². The first-order valence-corrected chi connectivity index (χ1v) is 8.70. The van der Waals surface area contributed by atoms with Crippen LogP contribution in [0.3, 0.4) is 0 Å². The molecule has 0 aliphatic heterocycles. The average Bonchev–Trinajstić information content (AvgIpc) is 3.12. The summed E-state index contributed by atoms with van der Waals surface area (Å²) in [5, 5.41) is 6.87. The molecule has 6 nitrogen and oxygen atoms in total. The highest BCUT2D eigenvalue weighted by atomic mass is 32.1. The molecule has 2 aromatic carbocycles. The number of methoxy groups -OCH3 is 1. The Morgan fingerprint density at radius 3 is 2.73 bits per heavy atom. The van der Waals surface area contributed by atoms with Gasteiger partial charge >= 0.3 is 5.97 Å². The number of thiazole rings is 1. The van der Waals surface area contributed by atoms with E-state index in [1.54, 1.807) is 24.4 Å². The maximum absolute atomic E-state index is 11.1. The molecular weight excluding hydrogens is 350 g/mol. The van der Waals surface area contributed by atoms with E-state index in [0.29, 0.717) is 16.6 Å². The first kappa shape index (κ1) is 17.6. The normalized spacial score (nSPS) is 10.7. The van der Waals surface area contributed by atoms with Gasteiger partial charge in [0.25, 0.3) is 0 Å². The molecule has 1 heterocycles. The van der Waals surface area contributed by atoms with E-state index in [0.717, 1.165) is 16.8 Å². The van der Waals surface area contributed by atoms with Gasteiger partial charge in [-0.05, 0) is 23.8 Å². The molecule has 0 fully saturated rings. The van der Waals surface area contributed by atoms with Crippen molar-refractivity contribution < 1.29 is 14.3 Å². The summed E-state index contributed by atoms with van der Waals surface area (Å²) in [6, 6.07) is 15.1. The molecule has 0 bridgehead atoms. The lowest BCUT2D eigenvalue weighted by Crippen LogP contribution is -2.03. The van der Waals surface area contributed by atoms with E-state index in [1.165, 1.54) is 25.4 Å². The fourth-order valence-electron chi connectivity index (χ4n) is 2.23. The van der Waals surface area contributed by atoms with E-state index in [4.69, 9.17) is 9.47 Å². The molecule has 0 atom stereocenters. The zero-order chi connectivity index (χ0) is 18.4. The van der Waals surface area contributed by atoms with Crippen LogP contribution in [0.25, 0.3) is 11.3 Å². The van der Waals surface area contributed by atoms with Gasteiger partial charge in [0.1, 0.15) is 0 Å². The molecule has 0 aliphatic rings. The number of benzene rings is 2. The van der Waals surface area contributed by atoms with Gasteiger partial charge < -0.3 is 9.47 Å². The highest BCUT2D eigenvalue weighted by molar-refractivity contribution is 7.14. The Bertz CT molecular complexity index is 923. The summed E-state index contributed by atoms with van der Waals surface area (Å²) in [6.07, 6.45) is 1.64. The minimum Gasteiger partial charge on any atom is -0.493 e. The molecule has 0 saturated carbocycles. The van der Waals surface area contributed by atoms with Gasteiger partial charge in [0.05, 0.1) is 19.0 Å². The molecule has 3 aromatic rings. The van der Waals surface area contributed by atoms with Gasteiger partial charge in [-0.15, -0.1) is 11.3 Å². The third-order valence-electron chi connectivity index (χ3n) is 3.39. The van der Waals surface area contributed by atoms with Crippen LogP contribution in [0.2, 0.25) is 0 Å². The van der Waals surface area contributed by atoms with Gasteiger partial charge in [0.15, 0.2) is 11.5 Å². The molecule has 0 unspecified atom stereocenters. The van der Waals surface area contributed by atoms with Crippen molar-refractivity contribution in [1.82, 2.24) is 4.98 Å². The van der Waals surface area contributed by atoms with E-state index in [1.807, 2.05) is 35.7 Å². The van der Waals surface area contributed by atoms with Crippen LogP contribution in [-0.2, 0) is 4.79 Å². The Kier molecular flexibility index (Phi) is 5.60. The number of anilines is 1. The molecule has 0 radical (unpaired) electrons. The van der Waals surface area contributed by atoms with Gasteiger partial charge in [0, 0.05) is 17.9 Å². The summed E-state index contributed by atoms with van der Waals surface area (Å²) in [4.78, 5) is 15.6. The predicted octanol–water partition coefficient (Wildman–Crippen LogP) is 4.19. The SMILES string of the molecule is COc1cc(/C=N\Nc2nc(-c3ccccc3)cs2)ccc1OC(C)=O. The van der Waals surface area contributed by atoms with Gasteiger partial charge in [-0.2, -0.15) is 5.10 Å². The quantitative estimate of drug-likeness (QED) is 0.306. The van der Waals surface area contributed by atoms with Gasteiger partial charge in [-0.3, -0.25) is 10.2 Å². The van der Waals surface area contributed by atoms with Crippen LogP contribution < -0.4 is 14.9 Å². The Labute approximate surface area is 155 Å². The van der Waals surface area contributed by atoms with Crippen molar-refractivity contribution in [3.05, 3.63) is 59.5 Å². The largest absolute Gasteiger partial charge is 0.493 e. The number of aromatic nitrogens is 1. The number of ether oxygens (including phenoxy) is 2. The Balaban J connectivity index is 1.67. The van der Waals surface area contributed by atoms with Crippen LogP contribution >= 0.6 is 11.3 Å². The van der Waals surface area contributed by atoms with Gasteiger partial charge in [0.2, 0.25) is 5.13 Å². The van der Waals surface area contributed by atoms with Crippen molar-refractivity contribution in [2.75, 3.05) is 12.5 Å². The molecule has 1 aromatic heterocycles. The number of carbonyl (C=O) groups is 1. The highest BCUT2D eigenvalue weighted by Crippen LogP contribution is 2.28. The van der Waals surface area contributed by atoms with E-state index in [-0.39, 0.29) is 0 Å². The van der Waals surface area contributed by atoms with Crippen molar-refractivity contribution in [1.29, 1.82) is 0 Å². The number of hydrogen-bond donors (Lipinski definition) is 1. The first-order chi connectivity index (χ1) is 12.7. The third kappa shape index (κ3) is 4.46. The van der Waals surface area contributed by atoms with E-state index in [2.05, 4.69) is 15.5 Å². The smallest absolute Gasteiger partial charge is 0.308 e. The molecular formula is C19H17N3O3S. The molecule has 3 rings (SSSR count). The van der Waals surface area contributed by atoms with Crippen LogP contribution in [0, 0.1) is 0 Å². The molecule has 0 saturated heterocycles. The van der Waals surface area contributed by atoms with Crippen molar-refractivity contribution in [2.24, 2.45) is 5.10 Å². The fraction of sp³-hybridized carbons (Fsp3) is 0.105. The number of rotatable bonds is 6. The lowest BCUT2D eigenvalue weighted by Gasteiger charge is -2.08. The summed E-state index contributed by atoms with van der Waals surface area (Å²) in [6.45, 7) is 1.34. The summed E-state index contributed by atoms with van der Waals surface area (Å²) >= 11 is 1.48. The maximum Gasteiger partial charge on any atom is 0.308 e. The second-order valence-electron chi connectivity index (χ2n) is 5.28. The van der Waals surface area contributed by atoms with Crippen LogP contribution in [0.5, 0.6) is 11.5 Å². The highest BCUT2D eigenvalue weighted by Gasteiger charge is 2.07. The average molecular weight is 367 g/mol. The number of hydrazone groups is 1. The van der Waals surface area contributed by atoms with Crippen LogP contribution in [0.4, 0.5) is 5.13 Å². The van der Waals surface area contributed by atoms with Gasteiger partial charge in [-0.25, -0.2) is 4.98 Å². The molecule has 0 aliphatic carbocycles. The molecule has 0 amide bonds. The number of esters is 1. The predicted molar refractivity (Wildman–Crippen MR) is 103 cm³/mol. The Morgan fingerprint density at radius 2 is 2.00 bits per heavy atom. The summed E-state index contributed by atoms with van der Waals surface area (Å²) < 4.78 is 10.3.